The Morgan fingerprint density at radius 1 is 1.40 bits per heavy atom. The van der Waals surface area contributed by atoms with E-state index in [2.05, 4.69) is 10.3 Å². The first kappa shape index (κ1) is 15.9. The second-order valence-corrected chi connectivity index (χ2v) is 6.52. The highest BCUT2D eigenvalue weighted by molar-refractivity contribution is 6.30. The summed E-state index contributed by atoms with van der Waals surface area (Å²) in [6.45, 7) is 0.340. The molecule has 2 atom stereocenters. The van der Waals surface area contributed by atoms with Crippen LogP contribution >= 0.6 is 11.6 Å². The van der Waals surface area contributed by atoms with Gasteiger partial charge in [0.15, 0.2) is 5.69 Å². The zero-order chi connectivity index (χ0) is 17.6. The molecular weight excluding hydrogens is 348 g/mol. The molecular formula is C16H15ClN4O4. The molecule has 0 bridgehead atoms. The van der Waals surface area contributed by atoms with E-state index in [0.717, 1.165) is 6.42 Å². The van der Waals surface area contributed by atoms with Crippen LogP contribution in [0.1, 0.15) is 23.3 Å². The SMILES string of the molecule is O=C(OC[C@@H]1NC(=O)[C@@H]2CCCN2C1=O)c1ncn2cc(Cl)ccc12. The molecule has 2 amide bonds. The van der Waals surface area contributed by atoms with E-state index in [1.54, 1.807) is 27.6 Å². The second-order valence-electron chi connectivity index (χ2n) is 6.08. The molecule has 0 aromatic carbocycles. The van der Waals surface area contributed by atoms with Gasteiger partial charge in [-0.15, -0.1) is 0 Å². The van der Waals surface area contributed by atoms with Gasteiger partial charge in [-0.25, -0.2) is 9.78 Å². The first-order chi connectivity index (χ1) is 12.0. The number of aromatic nitrogens is 2. The molecule has 0 aliphatic carbocycles. The summed E-state index contributed by atoms with van der Waals surface area (Å²) in [5.41, 5.74) is 0.679. The third-order valence-electron chi connectivity index (χ3n) is 4.52. The molecule has 130 valence electrons. The minimum Gasteiger partial charge on any atom is -0.458 e. The number of pyridine rings is 1. The molecule has 8 nitrogen and oxygen atoms in total. The number of hydrogen-bond donors (Lipinski definition) is 1. The van der Waals surface area contributed by atoms with Gasteiger partial charge < -0.3 is 19.4 Å². The maximum atomic E-state index is 12.4. The van der Waals surface area contributed by atoms with Crippen LogP contribution in [0.5, 0.6) is 0 Å². The van der Waals surface area contributed by atoms with Crippen molar-refractivity contribution in [3.05, 3.63) is 35.4 Å². The Labute approximate surface area is 147 Å². The molecule has 2 saturated heterocycles. The van der Waals surface area contributed by atoms with E-state index >= 15 is 0 Å². The summed E-state index contributed by atoms with van der Waals surface area (Å²) in [4.78, 5) is 42.3. The quantitative estimate of drug-likeness (QED) is 0.808. The first-order valence-electron chi connectivity index (χ1n) is 7.95. The highest BCUT2D eigenvalue weighted by Gasteiger charge is 2.43. The van der Waals surface area contributed by atoms with Crippen LogP contribution in [0.3, 0.4) is 0 Å². The van der Waals surface area contributed by atoms with Gasteiger partial charge in [-0.1, -0.05) is 11.6 Å². The molecule has 2 aromatic heterocycles. The first-order valence-corrected chi connectivity index (χ1v) is 8.32. The molecule has 1 N–H and O–H groups in total. The zero-order valence-electron chi connectivity index (χ0n) is 13.1. The fraction of sp³-hybridized carbons (Fsp3) is 0.375. The Balaban J connectivity index is 1.46. The number of nitrogens with zero attached hydrogens (tertiary/aromatic N) is 3. The Morgan fingerprint density at radius 2 is 2.24 bits per heavy atom. The summed E-state index contributed by atoms with van der Waals surface area (Å²) < 4.78 is 6.83. The van der Waals surface area contributed by atoms with Gasteiger partial charge in [-0.2, -0.15) is 0 Å². The smallest absolute Gasteiger partial charge is 0.359 e. The summed E-state index contributed by atoms with van der Waals surface area (Å²) >= 11 is 5.90. The lowest BCUT2D eigenvalue weighted by molar-refractivity contribution is -0.148. The number of esters is 1. The largest absolute Gasteiger partial charge is 0.458 e. The lowest BCUT2D eigenvalue weighted by Crippen LogP contribution is -2.62. The van der Waals surface area contributed by atoms with Crippen LogP contribution in [0.2, 0.25) is 5.02 Å². The van der Waals surface area contributed by atoms with E-state index in [1.165, 1.54) is 6.33 Å². The van der Waals surface area contributed by atoms with Gasteiger partial charge in [-0.3, -0.25) is 9.59 Å². The van der Waals surface area contributed by atoms with Crippen LogP contribution in [0.15, 0.2) is 24.7 Å². The van der Waals surface area contributed by atoms with Crippen LogP contribution < -0.4 is 5.32 Å². The number of amides is 2. The number of piperazine rings is 1. The van der Waals surface area contributed by atoms with E-state index in [-0.39, 0.29) is 30.2 Å². The lowest BCUT2D eigenvalue weighted by Gasteiger charge is -2.34. The van der Waals surface area contributed by atoms with Crippen molar-refractivity contribution < 1.29 is 19.1 Å². The summed E-state index contributed by atoms with van der Waals surface area (Å²) in [6, 6.07) is 2.07. The minimum atomic E-state index is -0.853. The molecule has 0 spiro atoms. The number of carbonyl (C=O) groups excluding carboxylic acids is 3. The van der Waals surface area contributed by atoms with Crippen LogP contribution in [0.25, 0.3) is 5.52 Å². The van der Waals surface area contributed by atoms with Crippen molar-refractivity contribution in [2.24, 2.45) is 0 Å². The number of ether oxygens (including phenoxy) is 1. The average molecular weight is 363 g/mol. The number of hydrogen-bond acceptors (Lipinski definition) is 5. The normalized spacial score (nSPS) is 22.8. The Bertz CT molecular complexity index is 880. The van der Waals surface area contributed by atoms with Gasteiger partial charge in [0.25, 0.3) is 0 Å². The van der Waals surface area contributed by atoms with Crippen LogP contribution in [0, 0.1) is 0 Å². The third kappa shape index (κ3) is 2.72. The van der Waals surface area contributed by atoms with Crippen molar-refractivity contribution in [1.29, 1.82) is 0 Å². The number of imidazole rings is 1. The summed E-state index contributed by atoms with van der Waals surface area (Å²) in [5, 5.41) is 3.15. The standard InChI is InChI=1S/C16H15ClN4O4/c17-9-3-4-11-13(18-8-20(11)6-9)16(24)25-7-10-15(23)21-5-1-2-12(21)14(22)19-10/h3-4,6,8,10,12H,1-2,5,7H2,(H,19,22)/t10-,12-/m0/s1. The van der Waals surface area contributed by atoms with Gasteiger partial charge in [0.05, 0.1) is 10.5 Å². The van der Waals surface area contributed by atoms with Crippen molar-refractivity contribution in [3.8, 4) is 0 Å². The van der Waals surface area contributed by atoms with Gasteiger partial charge in [-0.05, 0) is 25.0 Å². The van der Waals surface area contributed by atoms with Gasteiger partial charge in [0, 0.05) is 12.7 Å². The highest BCUT2D eigenvalue weighted by atomic mass is 35.5. The fourth-order valence-electron chi connectivity index (χ4n) is 3.30. The molecule has 4 rings (SSSR count). The number of nitrogens with one attached hydrogen (secondary N) is 1. The van der Waals surface area contributed by atoms with Gasteiger partial charge in [0.2, 0.25) is 11.8 Å². The van der Waals surface area contributed by atoms with Crippen molar-refractivity contribution in [3.63, 3.8) is 0 Å². The van der Waals surface area contributed by atoms with E-state index in [0.29, 0.717) is 23.5 Å². The van der Waals surface area contributed by atoms with Crippen molar-refractivity contribution in [2.75, 3.05) is 13.2 Å². The van der Waals surface area contributed by atoms with E-state index < -0.39 is 12.0 Å². The molecule has 2 aliphatic heterocycles. The summed E-state index contributed by atoms with van der Waals surface area (Å²) in [7, 11) is 0. The maximum absolute atomic E-state index is 12.4. The number of rotatable bonds is 3. The van der Waals surface area contributed by atoms with Crippen LogP contribution in [0.4, 0.5) is 0 Å². The van der Waals surface area contributed by atoms with Crippen LogP contribution in [-0.2, 0) is 14.3 Å². The Hall–Kier alpha value is -2.61. The molecule has 2 aliphatic rings. The van der Waals surface area contributed by atoms with Crippen molar-refractivity contribution in [1.82, 2.24) is 19.6 Å². The molecule has 2 aromatic rings. The lowest BCUT2D eigenvalue weighted by atomic mass is 10.1. The Morgan fingerprint density at radius 3 is 3.08 bits per heavy atom. The maximum Gasteiger partial charge on any atom is 0.359 e. The van der Waals surface area contributed by atoms with Crippen molar-refractivity contribution in [2.45, 2.75) is 24.9 Å². The van der Waals surface area contributed by atoms with E-state index in [1.807, 2.05) is 0 Å². The molecule has 0 radical (unpaired) electrons. The number of fused-ring (bicyclic) bond motifs is 2. The number of halogens is 1. The molecule has 0 unspecified atom stereocenters. The second kappa shape index (κ2) is 6.03. The average Bonchev–Trinajstić information content (AvgIpc) is 3.23. The third-order valence-corrected chi connectivity index (χ3v) is 4.75. The fourth-order valence-corrected chi connectivity index (χ4v) is 3.47. The predicted molar refractivity (Wildman–Crippen MR) is 87.2 cm³/mol. The molecule has 25 heavy (non-hydrogen) atoms. The van der Waals surface area contributed by atoms with E-state index in [9.17, 15) is 14.4 Å². The van der Waals surface area contributed by atoms with Crippen molar-refractivity contribution >= 4 is 34.9 Å². The molecule has 4 heterocycles. The van der Waals surface area contributed by atoms with Gasteiger partial charge >= 0.3 is 5.97 Å². The molecule has 9 heteroatoms. The Kier molecular flexibility index (Phi) is 3.84. The topological polar surface area (TPSA) is 93.0 Å². The zero-order valence-corrected chi connectivity index (χ0v) is 13.9. The predicted octanol–water partition coefficient (Wildman–Crippen LogP) is 0.634. The summed E-state index contributed by atoms with van der Waals surface area (Å²) in [5.74, 6) is -1.06. The molecule has 2 fully saturated rings. The van der Waals surface area contributed by atoms with Gasteiger partial charge in [0.1, 0.15) is 25.0 Å². The number of carbonyl (C=O) groups is 3. The minimum absolute atomic E-state index is 0.130. The summed E-state index contributed by atoms with van der Waals surface area (Å²) in [6.07, 6.45) is 4.56. The van der Waals surface area contributed by atoms with Crippen LogP contribution in [-0.4, -0.2) is 57.3 Å². The molecule has 0 saturated carbocycles. The van der Waals surface area contributed by atoms with E-state index in [4.69, 9.17) is 16.3 Å². The highest BCUT2D eigenvalue weighted by Crippen LogP contribution is 2.22. The monoisotopic (exact) mass is 362 g/mol.